The van der Waals surface area contributed by atoms with Gasteiger partial charge in [0.05, 0.1) is 0 Å². The molecule has 41 heavy (non-hydrogen) atoms. The van der Waals surface area contributed by atoms with Crippen LogP contribution in [0.25, 0.3) is 0 Å². The van der Waals surface area contributed by atoms with Gasteiger partial charge in [0.1, 0.15) is 0 Å². The van der Waals surface area contributed by atoms with Gasteiger partial charge in [-0.3, -0.25) is 0 Å². The Morgan fingerprint density at radius 1 is 0.659 bits per heavy atom. The molecule has 0 saturated carbocycles. The van der Waals surface area contributed by atoms with E-state index in [1.54, 1.807) is 0 Å². The third kappa shape index (κ3) is 10.5. The molecule has 2 nitrogen and oxygen atoms in total. The predicted octanol–water partition coefficient (Wildman–Crippen LogP) is 8.47. The molecule has 2 heterocycles. The van der Waals surface area contributed by atoms with Crippen LogP contribution in [0.5, 0.6) is 0 Å². The fraction of sp³-hybridized carbons (Fsp3) is 0.312. The van der Waals surface area contributed by atoms with Crippen molar-refractivity contribution in [3.8, 4) is 0 Å². The van der Waals surface area contributed by atoms with Crippen LogP contribution in [0.4, 0.5) is 28.9 Å². The summed E-state index contributed by atoms with van der Waals surface area (Å²) in [6.07, 6.45) is 0. The first-order valence-corrected chi connectivity index (χ1v) is 13.8. The molecule has 6 rings (SSSR count). The molecule has 0 atom stereocenters. The van der Waals surface area contributed by atoms with Gasteiger partial charge in [-0.15, -0.1) is 59.6 Å². The van der Waals surface area contributed by atoms with Gasteiger partial charge < -0.3 is 9.80 Å². The fourth-order valence-corrected chi connectivity index (χ4v) is 4.60. The minimum atomic E-state index is -0.670. The van der Waals surface area contributed by atoms with Crippen molar-refractivity contribution in [2.45, 2.75) is 13.8 Å². The topological polar surface area (TPSA) is 6.48 Å². The van der Waals surface area contributed by atoms with E-state index in [9.17, 15) is 17.6 Å². The molecule has 0 amide bonds. The molecule has 0 spiro atoms. The van der Waals surface area contributed by atoms with Gasteiger partial charge >= 0.3 is 21.7 Å². The summed E-state index contributed by atoms with van der Waals surface area (Å²) in [4.78, 5) is 3.68. The largest absolute Gasteiger partial charge is 4.00 e. The van der Waals surface area contributed by atoms with E-state index in [-0.39, 0.29) is 32.5 Å². The quantitative estimate of drug-likeness (QED) is 0.0958. The third-order valence-corrected chi connectivity index (χ3v) is 7.70. The van der Waals surface area contributed by atoms with Gasteiger partial charge in [-0.05, 0) is 11.4 Å². The number of alkyl halides is 2. The molecule has 0 N–H and O–H groups in total. The van der Waals surface area contributed by atoms with E-state index in [2.05, 4.69) is 0 Å². The molecule has 0 aliphatic carbocycles. The van der Waals surface area contributed by atoms with E-state index in [1.165, 1.54) is 24.3 Å². The zero-order valence-corrected chi connectivity index (χ0v) is 26.1. The number of nitrogens with zero attached hydrogens (tertiary/aromatic N) is 2. The van der Waals surface area contributed by atoms with Crippen LogP contribution in [0, 0.1) is 46.2 Å². The van der Waals surface area contributed by atoms with Crippen LogP contribution >= 0.6 is 23.2 Å². The van der Waals surface area contributed by atoms with Crippen molar-refractivity contribution in [1.29, 1.82) is 0 Å². The SMILES string of the molecule is CC1(CCl)CN(c2ccc(F)[c-]c2F)C1.CC1(CCl)CN(c2ccc(F)[c-]c2F)C1.[Ti+4].c1cc[cH-]c1.c1cc[cH-]c1. The Morgan fingerprint density at radius 3 is 1.20 bits per heavy atom. The van der Waals surface area contributed by atoms with Gasteiger partial charge in [0.2, 0.25) is 0 Å². The van der Waals surface area contributed by atoms with Gasteiger partial charge in [-0.2, -0.15) is 36.4 Å². The molecular weight excluding hydrogens is 607 g/mol. The summed E-state index contributed by atoms with van der Waals surface area (Å²) in [7, 11) is 0. The second-order valence-electron chi connectivity index (χ2n) is 10.5. The summed E-state index contributed by atoms with van der Waals surface area (Å²) in [5.74, 6) is -1.50. The van der Waals surface area contributed by atoms with Crippen molar-refractivity contribution in [2.24, 2.45) is 10.8 Å². The molecular formula is C32H32Cl2F4N2Ti. The maximum absolute atomic E-state index is 13.3. The molecule has 216 valence electrons. The van der Waals surface area contributed by atoms with Crippen LogP contribution in [0.15, 0.2) is 84.9 Å². The molecule has 4 aromatic rings. The molecule has 0 bridgehead atoms. The normalized spacial score (nSPS) is 15.7. The average Bonchev–Trinajstić information content (AvgIpc) is 3.66. The summed E-state index contributed by atoms with van der Waals surface area (Å²) < 4.78 is 51.8. The summed E-state index contributed by atoms with van der Waals surface area (Å²) in [5.41, 5.74) is 0.892. The van der Waals surface area contributed by atoms with Crippen LogP contribution in [0.1, 0.15) is 13.8 Å². The number of hydrogen-bond donors (Lipinski definition) is 0. The number of halogens is 6. The molecule has 2 saturated heterocycles. The van der Waals surface area contributed by atoms with Gasteiger partial charge in [-0.25, -0.2) is 41.8 Å². The molecule has 2 fully saturated rings. The Hall–Kier alpha value is -2.25. The van der Waals surface area contributed by atoms with Crippen molar-refractivity contribution in [1.82, 2.24) is 0 Å². The second kappa shape index (κ2) is 16.4. The number of hydrogen-bond acceptors (Lipinski definition) is 2. The van der Waals surface area contributed by atoms with E-state index in [4.69, 9.17) is 23.2 Å². The van der Waals surface area contributed by atoms with Crippen molar-refractivity contribution >= 4 is 34.6 Å². The first-order chi connectivity index (χ1) is 19.1. The van der Waals surface area contributed by atoms with E-state index in [0.717, 1.165) is 0 Å². The Labute approximate surface area is 265 Å². The first kappa shape index (κ1) is 35.0. The molecule has 0 unspecified atom stereocenters. The smallest absolute Gasteiger partial charge is 0.420 e. The summed E-state index contributed by atoms with van der Waals surface area (Å²) in [6, 6.07) is 29.4. The van der Waals surface area contributed by atoms with E-state index < -0.39 is 23.3 Å². The maximum Gasteiger partial charge on any atom is 4.00 e. The zero-order chi connectivity index (χ0) is 29.2. The minimum Gasteiger partial charge on any atom is -0.420 e. The average molecular weight is 639 g/mol. The van der Waals surface area contributed by atoms with Gasteiger partial charge in [0.15, 0.2) is 0 Å². The standard InChI is InChI=1S/2C11H11ClF2N.2C5H5.Ti/c2*1-11(5-12)6-15(7-11)10-3-2-8(13)4-9(10)14;2*1-2-4-5-3-1;/h2*2-3H,5-7H2,1H3;2*1-5H;/q4*-1;+4. The Morgan fingerprint density at radius 2 is 0.976 bits per heavy atom. The van der Waals surface area contributed by atoms with Gasteiger partial charge in [0, 0.05) is 72.0 Å². The Bertz CT molecular complexity index is 1140. The van der Waals surface area contributed by atoms with E-state index in [0.29, 0.717) is 49.3 Å². The minimum absolute atomic E-state index is 0. The summed E-state index contributed by atoms with van der Waals surface area (Å²) in [6.45, 7) is 6.89. The first-order valence-electron chi connectivity index (χ1n) is 12.8. The van der Waals surface area contributed by atoms with Gasteiger partial charge in [0.25, 0.3) is 0 Å². The number of benzene rings is 2. The molecule has 9 heteroatoms. The summed E-state index contributed by atoms with van der Waals surface area (Å²) >= 11 is 11.5. The van der Waals surface area contributed by atoms with Crippen LogP contribution in [-0.2, 0) is 21.7 Å². The van der Waals surface area contributed by atoms with Crippen LogP contribution in [0.2, 0.25) is 0 Å². The number of anilines is 2. The zero-order valence-electron chi connectivity index (χ0n) is 23.0. The summed E-state index contributed by atoms with van der Waals surface area (Å²) in [5, 5.41) is 0. The fourth-order valence-electron chi connectivity index (χ4n) is 4.26. The molecule has 0 aromatic heterocycles. The molecule has 2 aliphatic heterocycles. The monoisotopic (exact) mass is 638 g/mol. The van der Waals surface area contributed by atoms with Crippen LogP contribution in [-0.4, -0.2) is 37.9 Å². The molecule has 4 aromatic carbocycles. The van der Waals surface area contributed by atoms with E-state index in [1.807, 2.05) is 96.4 Å². The number of rotatable bonds is 4. The molecule has 0 radical (unpaired) electrons. The van der Waals surface area contributed by atoms with Crippen LogP contribution in [0.3, 0.4) is 0 Å². The van der Waals surface area contributed by atoms with Crippen LogP contribution < -0.4 is 9.80 Å². The maximum atomic E-state index is 13.3. The van der Waals surface area contributed by atoms with Crippen molar-refractivity contribution in [3.05, 3.63) is 120 Å². The van der Waals surface area contributed by atoms with E-state index >= 15 is 0 Å². The Kier molecular flexibility index (Phi) is 14.0. The predicted molar refractivity (Wildman–Crippen MR) is 157 cm³/mol. The van der Waals surface area contributed by atoms with Crippen molar-refractivity contribution < 1.29 is 39.3 Å². The molecule has 2 aliphatic rings. The second-order valence-corrected chi connectivity index (χ2v) is 11.1. The van der Waals surface area contributed by atoms with Gasteiger partial charge in [-0.1, -0.05) is 13.8 Å². The van der Waals surface area contributed by atoms with Crippen molar-refractivity contribution in [3.63, 3.8) is 0 Å². The third-order valence-electron chi connectivity index (χ3n) is 6.41. The Balaban J connectivity index is 0.000000211. The van der Waals surface area contributed by atoms with Crippen molar-refractivity contribution in [2.75, 3.05) is 47.7 Å².